The van der Waals surface area contributed by atoms with Crippen molar-refractivity contribution in [3.8, 4) is 11.5 Å². The van der Waals surface area contributed by atoms with Gasteiger partial charge in [0.1, 0.15) is 5.82 Å². The van der Waals surface area contributed by atoms with Crippen LogP contribution in [0.4, 0.5) is 24.9 Å². The van der Waals surface area contributed by atoms with E-state index in [0.717, 1.165) is 92.2 Å². The zero-order valence-electron chi connectivity index (χ0n) is 21.9. The second-order valence-corrected chi connectivity index (χ2v) is 10.0. The first kappa shape index (κ1) is 26.3. The summed E-state index contributed by atoms with van der Waals surface area (Å²) in [5.41, 5.74) is 1.08. The van der Waals surface area contributed by atoms with E-state index in [1.807, 2.05) is 12.1 Å². The lowest BCUT2D eigenvalue weighted by molar-refractivity contribution is -0.137. The average Bonchev–Trinajstić information content (AvgIpc) is 2.93. The Hall–Kier alpha value is -3.27. The quantitative estimate of drug-likeness (QED) is 0.419. The fourth-order valence-electron chi connectivity index (χ4n) is 5.27. The molecule has 0 radical (unpaired) electrons. The maximum atomic E-state index is 12.9. The van der Waals surface area contributed by atoms with E-state index in [9.17, 15) is 13.2 Å². The van der Waals surface area contributed by atoms with E-state index < -0.39 is 11.7 Å². The highest BCUT2D eigenvalue weighted by Gasteiger charge is 2.30. The molecule has 0 amide bonds. The van der Waals surface area contributed by atoms with Crippen molar-refractivity contribution in [2.45, 2.75) is 50.9 Å². The number of nitrogens with one attached hydrogen (secondary N) is 1. The molecule has 3 aromatic rings. The standard InChI is InChI=1S/C28H34F3N5O2/c1-37-24-16-22-23(17-25(24)38-2)33-27(36-12-4-3-5-13-36)34-26(22)32-21-10-14-35(15-11-21)18-19-6-8-20(9-7-19)28(29,30)31/h6-9,16-17,21H,3-5,10-15,18H2,1-2H3,(H,32,33,34). The van der Waals surface area contributed by atoms with Crippen LogP contribution in [0.5, 0.6) is 11.5 Å². The molecule has 204 valence electrons. The van der Waals surface area contributed by atoms with E-state index in [-0.39, 0.29) is 6.04 Å². The number of piperidine rings is 2. The molecule has 2 fully saturated rings. The number of hydrogen-bond donors (Lipinski definition) is 1. The summed E-state index contributed by atoms with van der Waals surface area (Å²) in [6, 6.07) is 9.52. The highest BCUT2D eigenvalue weighted by Crippen LogP contribution is 2.36. The van der Waals surface area contributed by atoms with Crippen molar-refractivity contribution in [1.82, 2.24) is 14.9 Å². The van der Waals surface area contributed by atoms with Crippen LogP contribution in [0.25, 0.3) is 10.9 Å². The fraction of sp³-hybridized carbons (Fsp3) is 0.500. The summed E-state index contributed by atoms with van der Waals surface area (Å²) in [6.45, 7) is 4.22. The Bertz CT molecular complexity index is 1240. The summed E-state index contributed by atoms with van der Waals surface area (Å²) in [5.74, 6) is 2.78. The van der Waals surface area contributed by atoms with E-state index in [1.165, 1.54) is 6.42 Å². The number of likely N-dealkylation sites (tertiary alicyclic amines) is 1. The number of halogens is 3. The van der Waals surface area contributed by atoms with Crippen molar-refractivity contribution in [2.75, 3.05) is 50.6 Å². The third-order valence-electron chi connectivity index (χ3n) is 7.44. The highest BCUT2D eigenvalue weighted by atomic mass is 19.4. The zero-order valence-corrected chi connectivity index (χ0v) is 21.9. The summed E-state index contributed by atoms with van der Waals surface area (Å²) in [7, 11) is 3.24. The maximum Gasteiger partial charge on any atom is 0.416 e. The Labute approximate surface area is 221 Å². The number of rotatable bonds is 7. The monoisotopic (exact) mass is 529 g/mol. The number of ether oxygens (including phenoxy) is 2. The van der Waals surface area contributed by atoms with Crippen LogP contribution in [0.3, 0.4) is 0 Å². The number of fused-ring (bicyclic) bond motifs is 1. The lowest BCUT2D eigenvalue weighted by atomic mass is 10.0. The largest absolute Gasteiger partial charge is 0.493 e. The molecule has 3 heterocycles. The van der Waals surface area contributed by atoms with Crippen LogP contribution in [-0.4, -0.2) is 61.3 Å². The maximum absolute atomic E-state index is 12.9. The van der Waals surface area contributed by atoms with E-state index in [2.05, 4.69) is 15.1 Å². The molecule has 0 bridgehead atoms. The molecule has 2 aromatic carbocycles. The van der Waals surface area contributed by atoms with E-state index in [1.54, 1.807) is 26.4 Å². The van der Waals surface area contributed by atoms with Crippen LogP contribution < -0.4 is 19.7 Å². The van der Waals surface area contributed by atoms with Gasteiger partial charge in [-0.05, 0) is 55.9 Å². The van der Waals surface area contributed by atoms with Crippen molar-refractivity contribution >= 4 is 22.7 Å². The van der Waals surface area contributed by atoms with Crippen LogP contribution in [0, 0.1) is 0 Å². The predicted molar refractivity (Wildman–Crippen MR) is 142 cm³/mol. The molecule has 2 saturated heterocycles. The number of nitrogens with zero attached hydrogens (tertiary/aromatic N) is 4. The number of aromatic nitrogens is 2. The summed E-state index contributed by atoms with van der Waals surface area (Å²) in [5, 5.41) is 4.56. The number of hydrogen-bond acceptors (Lipinski definition) is 7. The lowest BCUT2D eigenvalue weighted by Gasteiger charge is -2.33. The van der Waals surface area contributed by atoms with Crippen molar-refractivity contribution < 1.29 is 22.6 Å². The molecule has 0 atom stereocenters. The molecule has 2 aliphatic heterocycles. The van der Waals surface area contributed by atoms with E-state index >= 15 is 0 Å². The zero-order chi connectivity index (χ0) is 26.7. The third-order valence-corrected chi connectivity index (χ3v) is 7.44. The minimum absolute atomic E-state index is 0.222. The van der Waals surface area contributed by atoms with Gasteiger partial charge in [0.05, 0.1) is 25.3 Å². The third kappa shape index (κ3) is 5.90. The van der Waals surface area contributed by atoms with Crippen LogP contribution in [0.15, 0.2) is 36.4 Å². The Morgan fingerprint density at radius 3 is 2.18 bits per heavy atom. The van der Waals surface area contributed by atoms with Gasteiger partial charge in [-0.15, -0.1) is 0 Å². The van der Waals surface area contributed by atoms with Crippen molar-refractivity contribution in [2.24, 2.45) is 0 Å². The van der Waals surface area contributed by atoms with Crippen LogP contribution in [-0.2, 0) is 12.7 Å². The first-order chi connectivity index (χ1) is 18.3. The summed E-state index contributed by atoms with van der Waals surface area (Å²) >= 11 is 0. The molecule has 1 aromatic heterocycles. The summed E-state index contributed by atoms with van der Waals surface area (Å²) < 4.78 is 49.7. The van der Waals surface area contributed by atoms with Crippen molar-refractivity contribution in [3.05, 3.63) is 47.5 Å². The van der Waals surface area contributed by atoms with Gasteiger partial charge in [0.25, 0.3) is 0 Å². The van der Waals surface area contributed by atoms with Gasteiger partial charge in [-0.1, -0.05) is 12.1 Å². The van der Waals surface area contributed by atoms with Gasteiger partial charge in [0.15, 0.2) is 11.5 Å². The second kappa shape index (κ2) is 11.2. The van der Waals surface area contributed by atoms with Crippen LogP contribution in [0.1, 0.15) is 43.2 Å². The topological polar surface area (TPSA) is 62.8 Å². The molecule has 0 saturated carbocycles. The first-order valence-electron chi connectivity index (χ1n) is 13.2. The minimum Gasteiger partial charge on any atom is -0.493 e. The molecule has 0 aliphatic carbocycles. The molecule has 5 rings (SSSR count). The molecule has 10 heteroatoms. The van der Waals surface area contributed by atoms with Gasteiger partial charge < -0.3 is 19.7 Å². The van der Waals surface area contributed by atoms with Crippen molar-refractivity contribution in [1.29, 1.82) is 0 Å². The van der Waals surface area contributed by atoms with Crippen LogP contribution >= 0.6 is 0 Å². The molecule has 2 aliphatic rings. The average molecular weight is 530 g/mol. The summed E-state index contributed by atoms with van der Waals surface area (Å²) in [6.07, 6.45) is 0.986. The molecule has 1 N–H and O–H groups in total. The Morgan fingerprint density at radius 2 is 1.55 bits per heavy atom. The normalized spacial score (nSPS) is 17.6. The molecule has 7 nitrogen and oxygen atoms in total. The van der Waals surface area contributed by atoms with Gasteiger partial charge in [-0.3, -0.25) is 4.90 Å². The van der Waals surface area contributed by atoms with E-state index in [0.29, 0.717) is 18.0 Å². The Morgan fingerprint density at radius 1 is 0.895 bits per heavy atom. The molecule has 0 unspecified atom stereocenters. The Kier molecular flexibility index (Phi) is 7.78. The lowest BCUT2D eigenvalue weighted by Crippen LogP contribution is -2.39. The van der Waals surface area contributed by atoms with Crippen molar-refractivity contribution in [3.63, 3.8) is 0 Å². The minimum atomic E-state index is -4.31. The number of alkyl halides is 3. The number of anilines is 2. The number of methoxy groups -OCH3 is 2. The molecule has 38 heavy (non-hydrogen) atoms. The molecular weight excluding hydrogens is 495 g/mol. The second-order valence-electron chi connectivity index (χ2n) is 10.0. The SMILES string of the molecule is COc1cc2nc(N3CCCCC3)nc(NC3CCN(Cc4ccc(C(F)(F)F)cc4)CC3)c2cc1OC. The van der Waals surface area contributed by atoms with Gasteiger partial charge in [-0.25, -0.2) is 4.98 Å². The number of benzene rings is 2. The predicted octanol–water partition coefficient (Wildman–Crippen LogP) is 5.73. The smallest absolute Gasteiger partial charge is 0.416 e. The van der Waals surface area contributed by atoms with Gasteiger partial charge in [0, 0.05) is 50.2 Å². The van der Waals surface area contributed by atoms with E-state index in [4.69, 9.17) is 19.4 Å². The first-order valence-corrected chi connectivity index (χ1v) is 13.2. The fourth-order valence-corrected chi connectivity index (χ4v) is 5.27. The molecule has 0 spiro atoms. The van der Waals surface area contributed by atoms with Crippen LogP contribution in [0.2, 0.25) is 0 Å². The Balaban J connectivity index is 1.31. The van der Waals surface area contributed by atoms with Gasteiger partial charge in [-0.2, -0.15) is 18.2 Å². The summed E-state index contributed by atoms with van der Waals surface area (Å²) in [4.78, 5) is 14.4. The van der Waals surface area contributed by atoms with Gasteiger partial charge >= 0.3 is 6.18 Å². The van der Waals surface area contributed by atoms with Gasteiger partial charge in [0.2, 0.25) is 5.95 Å². The molecular formula is C28H34F3N5O2. The highest BCUT2D eigenvalue weighted by molar-refractivity contribution is 5.93.